The molecule has 0 aliphatic carbocycles. The van der Waals surface area contributed by atoms with Crippen molar-refractivity contribution < 1.29 is 9.84 Å². The van der Waals surface area contributed by atoms with Gasteiger partial charge in [-0.15, -0.1) is 0 Å². The van der Waals surface area contributed by atoms with Gasteiger partial charge in [-0.05, 0) is 26.7 Å². The van der Waals surface area contributed by atoms with Gasteiger partial charge in [0.25, 0.3) is 0 Å². The molecule has 1 atom stereocenters. The van der Waals surface area contributed by atoms with Crippen molar-refractivity contribution in [1.29, 1.82) is 0 Å². The Labute approximate surface area is 62.2 Å². The van der Waals surface area contributed by atoms with Crippen molar-refractivity contribution in [2.24, 2.45) is 0 Å². The number of hydrogen-bond acceptors (Lipinski definition) is 2. The summed E-state index contributed by atoms with van der Waals surface area (Å²) in [5, 5.41) is 9.40. The zero-order valence-electron chi connectivity index (χ0n) is 6.76. The van der Waals surface area contributed by atoms with Crippen LogP contribution < -0.4 is 0 Å². The predicted octanol–water partition coefficient (Wildman–Crippen LogP) is 1.33. The van der Waals surface area contributed by atoms with Gasteiger partial charge in [-0.2, -0.15) is 0 Å². The van der Waals surface area contributed by atoms with Crippen LogP contribution in [0.5, 0.6) is 0 Å². The average molecular weight is 144 g/mol. The van der Waals surface area contributed by atoms with Gasteiger partial charge in [0.2, 0.25) is 0 Å². The topological polar surface area (TPSA) is 29.5 Å². The Bertz CT molecular complexity index is 98.3. The molecule has 1 rings (SSSR count). The Morgan fingerprint density at radius 1 is 1.60 bits per heavy atom. The van der Waals surface area contributed by atoms with E-state index in [0.717, 1.165) is 25.9 Å². The summed E-state index contributed by atoms with van der Waals surface area (Å²) >= 11 is 0. The molecule has 10 heavy (non-hydrogen) atoms. The molecule has 1 saturated heterocycles. The summed E-state index contributed by atoms with van der Waals surface area (Å²) in [4.78, 5) is 0. The molecule has 60 valence electrons. The Balaban J connectivity index is 2.24. The monoisotopic (exact) mass is 144 g/mol. The van der Waals surface area contributed by atoms with Crippen molar-refractivity contribution >= 4 is 0 Å². The van der Waals surface area contributed by atoms with Crippen LogP contribution in [-0.2, 0) is 4.74 Å². The fraction of sp³-hybridized carbons (Fsp3) is 1.00. The quantitative estimate of drug-likeness (QED) is 0.633. The predicted molar refractivity (Wildman–Crippen MR) is 39.9 cm³/mol. The molecule has 1 N–H and O–H groups in total. The smallest absolute Gasteiger partial charge is 0.0616 e. The molecule has 2 heteroatoms. The van der Waals surface area contributed by atoms with Gasteiger partial charge in [0.15, 0.2) is 0 Å². The van der Waals surface area contributed by atoms with Gasteiger partial charge < -0.3 is 9.84 Å². The molecule has 0 bridgehead atoms. The van der Waals surface area contributed by atoms with Gasteiger partial charge in [0.1, 0.15) is 0 Å². The van der Waals surface area contributed by atoms with E-state index in [1.807, 2.05) is 13.8 Å². The molecule has 0 saturated carbocycles. The first-order valence-corrected chi connectivity index (χ1v) is 3.92. The van der Waals surface area contributed by atoms with Crippen LogP contribution in [0.3, 0.4) is 0 Å². The Morgan fingerprint density at radius 2 is 2.30 bits per heavy atom. The van der Waals surface area contributed by atoms with Crippen molar-refractivity contribution in [3.63, 3.8) is 0 Å². The molecule has 1 aliphatic rings. The minimum Gasteiger partial charge on any atom is -0.390 e. The van der Waals surface area contributed by atoms with E-state index in [9.17, 15) is 5.11 Å². The maximum atomic E-state index is 9.40. The minimum absolute atomic E-state index is 0.306. The lowest BCUT2D eigenvalue weighted by Crippen LogP contribution is -2.25. The van der Waals surface area contributed by atoms with Crippen LogP contribution in [0, 0.1) is 0 Å². The molecule has 2 nitrogen and oxygen atoms in total. The summed E-state index contributed by atoms with van der Waals surface area (Å²) in [6.07, 6.45) is 3.34. The standard InChI is InChI=1S/C8H16O2/c1-8(2,9)6-7-4-3-5-10-7/h7,9H,3-6H2,1-2H3. The Hall–Kier alpha value is -0.0800. The van der Waals surface area contributed by atoms with E-state index in [1.165, 1.54) is 0 Å². The zero-order valence-corrected chi connectivity index (χ0v) is 6.76. The van der Waals surface area contributed by atoms with E-state index >= 15 is 0 Å². The molecule has 0 radical (unpaired) electrons. The van der Waals surface area contributed by atoms with Gasteiger partial charge in [-0.1, -0.05) is 0 Å². The molecule has 0 aromatic carbocycles. The third-order valence-corrected chi connectivity index (χ3v) is 1.75. The maximum Gasteiger partial charge on any atom is 0.0616 e. The summed E-state index contributed by atoms with van der Waals surface area (Å²) in [6, 6.07) is 0. The molecule has 0 amide bonds. The van der Waals surface area contributed by atoms with E-state index in [0.29, 0.717) is 6.10 Å². The lowest BCUT2D eigenvalue weighted by Gasteiger charge is -2.20. The second-order valence-corrected chi connectivity index (χ2v) is 3.65. The van der Waals surface area contributed by atoms with E-state index in [1.54, 1.807) is 0 Å². The lowest BCUT2D eigenvalue weighted by molar-refractivity contribution is 0.00584. The Morgan fingerprint density at radius 3 is 2.70 bits per heavy atom. The highest BCUT2D eigenvalue weighted by Crippen LogP contribution is 2.21. The van der Waals surface area contributed by atoms with E-state index in [2.05, 4.69) is 0 Å². The highest BCUT2D eigenvalue weighted by Gasteiger charge is 2.23. The molecular formula is C8H16O2. The largest absolute Gasteiger partial charge is 0.390 e. The first-order valence-electron chi connectivity index (χ1n) is 3.92. The minimum atomic E-state index is -0.561. The van der Waals surface area contributed by atoms with Gasteiger partial charge in [0.05, 0.1) is 11.7 Å². The van der Waals surface area contributed by atoms with Gasteiger partial charge in [-0.25, -0.2) is 0 Å². The summed E-state index contributed by atoms with van der Waals surface area (Å²) in [5.41, 5.74) is -0.561. The third kappa shape index (κ3) is 2.67. The summed E-state index contributed by atoms with van der Waals surface area (Å²) in [7, 11) is 0. The van der Waals surface area contributed by atoms with Crippen LogP contribution >= 0.6 is 0 Å². The second-order valence-electron chi connectivity index (χ2n) is 3.65. The lowest BCUT2D eigenvalue weighted by atomic mass is 10.00. The molecular weight excluding hydrogens is 128 g/mol. The summed E-state index contributed by atoms with van der Waals surface area (Å²) < 4.78 is 5.37. The van der Waals surface area contributed by atoms with Gasteiger partial charge in [-0.3, -0.25) is 0 Å². The first kappa shape index (κ1) is 8.02. The highest BCUT2D eigenvalue weighted by atomic mass is 16.5. The van der Waals surface area contributed by atoms with Crippen molar-refractivity contribution in [2.75, 3.05) is 6.61 Å². The maximum absolute atomic E-state index is 9.40. The summed E-state index contributed by atoms with van der Waals surface area (Å²) in [5.74, 6) is 0. The Kier molecular flexibility index (Phi) is 2.32. The van der Waals surface area contributed by atoms with E-state index in [4.69, 9.17) is 4.74 Å². The van der Waals surface area contributed by atoms with Crippen LogP contribution in [0.15, 0.2) is 0 Å². The van der Waals surface area contributed by atoms with Crippen LogP contribution in [-0.4, -0.2) is 23.4 Å². The molecule has 1 unspecified atom stereocenters. The van der Waals surface area contributed by atoms with Gasteiger partial charge in [0, 0.05) is 13.0 Å². The van der Waals surface area contributed by atoms with Gasteiger partial charge >= 0.3 is 0 Å². The fourth-order valence-corrected chi connectivity index (χ4v) is 1.36. The van der Waals surface area contributed by atoms with Crippen LogP contribution in [0.2, 0.25) is 0 Å². The van der Waals surface area contributed by atoms with Crippen LogP contribution in [0.1, 0.15) is 33.1 Å². The normalized spacial score (nSPS) is 27.3. The summed E-state index contributed by atoms with van der Waals surface area (Å²) in [6.45, 7) is 4.53. The number of rotatable bonds is 2. The zero-order chi connectivity index (χ0) is 7.61. The van der Waals surface area contributed by atoms with E-state index < -0.39 is 5.60 Å². The van der Waals surface area contributed by atoms with Crippen molar-refractivity contribution in [3.05, 3.63) is 0 Å². The molecule has 1 heterocycles. The highest BCUT2D eigenvalue weighted by molar-refractivity contribution is 4.74. The number of hydrogen-bond donors (Lipinski definition) is 1. The molecule has 0 aromatic heterocycles. The van der Waals surface area contributed by atoms with Crippen LogP contribution in [0.25, 0.3) is 0 Å². The van der Waals surface area contributed by atoms with Crippen molar-refractivity contribution in [2.45, 2.75) is 44.8 Å². The molecule has 0 aromatic rings. The molecule has 0 spiro atoms. The molecule has 1 fully saturated rings. The van der Waals surface area contributed by atoms with E-state index in [-0.39, 0.29) is 0 Å². The third-order valence-electron chi connectivity index (χ3n) is 1.75. The molecule has 1 aliphatic heterocycles. The fourth-order valence-electron chi connectivity index (χ4n) is 1.36. The number of aliphatic hydroxyl groups is 1. The second kappa shape index (κ2) is 2.89. The average Bonchev–Trinajstić information content (AvgIpc) is 2.12. The first-order chi connectivity index (χ1) is 4.58. The van der Waals surface area contributed by atoms with Crippen molar-refractivity contribution in [3.8, 4) is 0 Å². The number of ether oxygens (including phenoxy) is 1. The SMILES string of the molecule is CC(C)(O)CC1CCCO1. The van der Waals surface area contributed by atoms with Crippen molar-refractivity contribution in [1.82, 2.24) is 0 Å². The van der Waals surface area contributed by atoms with Crippen LogP contribution in [0.4, 0.5) is 0 Å².